The van der Waals surface area contributed by atoms with Crippen molar-refractivity contribution in [2.75, 3.05) is 11.9 Å². The summed E-state index contributed by atoms with van der Waals surface area (Å²) in [7, 11) is 0. The lowest BCUT2D eigenvalue weighted by Crippen LogP contribution is -2.38. The van der Waals surface area contributed by atoms with Gasteiger partial charge in [-0.1, -0.05) is 15.9 Å². The fourth-order valence-electron chi connectivity index (χ4n) is 1.10. The zero-order chi connectivity index (χ0) is 14.6. The van der Waals surface area contributed by atoms with E-state index in [0.717, 1.165) is 4.47 Å². The van der Waals surface area contributed by atoms with Crippen molar-refractivity contribution in [1.82, 2.24) is 5.32 Å². The lowest BCUT2D eigenvalue weighted by molar-refractivity contribution is -0.146. The van der Waals surface area contributed by atoms with Gasteiger partial charge in [-0.2, -0.15) is 0 Å². The Kier molecular flexibility index (Phi) is 6.24. The quantitative estimate of drug-likeness (QED) is 0.555. The van der Waals surface area contributed by atoms with Crippen LogP contribution in [0.4, 0.5) is 10.5 Å². The summed E-state index contributed by atoms with van der Waals surface area (Å²) >= 11 is 9.86. The van der Waals surface area contributed by atoms with E-state index in [9.17, 15) is 9.59 Å². The molecule has 0 saturated heterocycles. The maximum absolute atomic E-state index is 11.5. The number of carboxylic acids is 1. The molecule has 0 fully saturated rings. The Morgan fingerprint density at radius 2 is 1.74 bits per heavy atom. The SMILES string of the molecule is O=C(NCC(O)C(=O)O)Nc1c(Br)cc(Br)cc1Br. The van der Waals surface area contributed by atoms with Crippen molar-refractivity contribution < 1.29 is 19.8 Å². The predicted molar refractivity (Wildman–Crippen MR) is 80.2 cm³/mol. The van der Waals surface area contributed by atoms with Gasteiger partial charge in [0.2, 0.25) is 0 Å². The van der Waals surface area contributed by atoms with E-state index < -0.39 is 18.1 Å². The van der Waals surface area contributed by atoms with E-state index in [1.807, 2.05) is 0 Å². The predicted octanol–water partition coefficient (Wildman–Crippen LogP) is 2.54. The van der Waals surface area contributed by atoms with Gasteiger partial charge in [0.25, 0.3) is 0 Å². The zero-order valence-electron chi connectivity index (χ0n) is 9.28. The van der Waals surface area contributed by atoms with Crippen LogP contribution in [0.15, 0.2) is 25.6 Å². The van der Waals surface area contributed by atoms with Gasteiger partial charge in [-0.15, -0.1) is 0 Å². The number of aliphatic hydroxyl groups excluding tert-OH is 1. The number of carbonyl (C=O) groups excluding carboxylic acids is 1. The molecule has 0 heterocycles. The maximum Gasteiger partial charge on any atom is 0.334 e. The van der Waals surface area contributed by atoms with Gasteiger partial charge in [-0.3, -0.25) is 0 Å². The van der Waals surface area contributed by atoms with Crippen LogP contribution in [0, 0.1) is 0 Å². The average Bonchev–Trinajstić information content (AvgIpc) is 2.30. The summed E-state index contributed by atoms with van der Waals surface area (Å²) in [5.74, 6) is -1.40. The number of urea groups is 1. The molecule has 4 N–H and O–H groups in total. The van der Waals surface area contributed by atoms with Gasteiger partial charge in [0.15, 0.2) is 6.10 Å². The number of carbonyl (C=O) groups is 2. The maximum atomic E-state index is 11.5. The first-order valence-corrected chi connectivity index (χ1v) is 7.29. The fourth-order valence-corrected chi connectivity index (χ4v) is 3.55. The molecule has 1 aromatic rings. The number of carboxylic acid groups (broad SMARTS) is 1. The molecule has 9 heteroatoms. The number of anilines is 1. The van der Waals surface area contributed by atoms with Crippen molar-refractivity contribution >= 4 is 65.5 Å². The van der Waals surface area contributed by atoms with E-state index in [1.54, 1.807) is 12.1 Å². The summed E-state index contributed by atoms with van der Waals surface area (Å²) in [6, 6.07) is 2.86. The molecule has 0 saturated carbocycles. The Morgan fingerprint density at radius 1 is 1.21 bits per heavy atom. The molecule has 0 aliphatic heterocycles. The Hall–Kier alpha value is -0.640. The van der Waals surface area contributed by atoms with Crippen LogP contribution in [0.5, 0.6) is 0 Å². The highest BCUT2D eigenvalue weighted by molar-refractivity contribution is 9.11. The molecule has 0 aromatic heterocycles. The van der Waals surface area contributed by atoms with E-state index in [-0.39, 0.29) is 6.54 Å². The van der Waals surface area contributed by atoms with Crippen LogP contribution in [-0.2, 0) is 4.79 Å². The molecule has 1 atom stereocenters. The minimum absolute atomic E-state index is 0.382. The number of benzene rings is 1. The summed E-state index contributed by atoms with van der Waals surface area (Å²) in [5, 5.41) is 22.3. The van der Waals surface area contributed by atoms with Crippen molar-refractivity contribution in [3.8, 4) is 0 Å². The highest BCUT2D eigenvalue weighted by Gasteiger charge is 2.15. The van der Waals surface area contributed by atoms with Crippen molar-refractivity contribution in [3.63, 3.8) is 0 Å². The Bertz CT molecular complexity index is 487. The van der Waals surface area contributed by atoms with Crippen LogP contribution in [0.3, 0.4) is 0 Å². The van der Waals surface area contributed by atoms with E-state index in [0.29, 0.717) is 14.6 Å². The smallest absolute Gasteiger partial charge is 0.334 e. The van der Waals surface area contributed by atoms with Crippen molar-refractivity contribution in [3.05, 3.63) is 25.6 Å². The summed E-state index contributed by atoms with van der Waals surface area (Å²) in [5.41, 5.74) is 0.491. The third-order valence-electron chi connectivity index (χ3n) is 1.99. The van der Waals surface area contributed by atoms with Crippen LogP contribution < -0.4 is 10.6 Å². The number of aliphatic hydroxyl groups is 1. The van der Waals surface area contributed by atoms with Crippen molar-refractivity contribution in [2.45, 2.75) is 6.10 Å². The van der Waals surface area contributed by atoms with Crippen molar-refractivity contribution in [1.29, 1.82) is 0 Å². The van der Waals surface area contributed by atoms with E-state index in [1.165, 1.54) is 0 Å². The number of aliphatic carboxylic acids is 1. The Labute approximate surface area is 134 Å². The van der Waals surface area contributed by atoms with E-state index in [4.69, 9.17) is 10.2 Å². The second-order valence-corrected chi connectivity index (χ2v) is 6.06. The molecular formula is C10H9Br3N2O4. The lowest BCUT2D eigenvalue weighted by Gasteiger charge is -2.12. The van der Waals surface area contributed by atoms with Crippen LogP contribution in [-0.4, -0.2) is 34.9 Å². The Morgan fingerprint density at radius 3 is 2.21 bits per heavy atom. The number of hydrogen-bond acceptors (Lipinski definition) is 3. The summed E-state index contributed by atoms with van der Waals surface area (Å²) in [6.07, 6.45) is -1.64. The van der Waals surface area contributed by atoms with Gasteiger partial charge in [-0.25, -0.2) is 9.59 Å². The minimum atomic E-state index is -1.64. The van der Waals surface area contributed by atoms with Gasteiger partial charge >= 0.3 is 12.0 Å². The zero-order valence-corrected chi connectivity index (χ0v) is 14.0. The van der Waals surface area contributed by atoms with Gasteiger partial charge in [0.1, 0.15) is 0 Å². The highest BCUT2D eigenvalue weighted by Crippen LogP contribution is 2.34. The summed E-state index contributed by atoms with van der Waals surface area (Å²) < 4.78 is 2.10. The number of amides is 2. The minimum Gasteiger partial charge on any atom is -0.479 e. The summed E-state index contributed by atoms with van der Waals surface area (Å²) in [6.45, 7) is -0.382. The second kappa shape index (κ2) is 7.22. The molecule has 0 radical (unpaired) electrons. The third-order valence-corrected chi connectivity index (χ3v) is 3.70. The molecule has 1 rings (SSSR count). The first-order valence-electron chi connectivity index (χ1n) is 4.91. The number of rotatable bonds is 4. The molecule has 104 valence electrons. The molecule has 0 aliphatic carbocycles. The van der Waals surface area contributed by atoms with Crippen LogP contribution in [0.1, 0.15) is 0 Å². The molecule has 0 bridgehead atoms. The van der Waals surface area contributed by atoms with Gasteiger partial charge in [0, 0.05) is 13.4 Å². The Balaban J connectivity index is 2.65. The molecular weight excluding hydrogens is 452 g/mol. The monoisotopic (exact) mass is 458 g/mol. The van der Waals surface area contributed by atoms with Gasteiger partial charge in [-0.05, 0) is 44.0 Å². The topological polar surface area (TPSA) is 98.7 Å². The highest BCUT2D eigenvalue weighted by atomic mass is 79.9. The molecule has 19 heavy (non-hydrogen) atoms. The molecule has 0 spiro atoms. The van der Waals surface area contributed by atoms with Gasteiger partial charge < -0.3 is 20.8 Å². The van der Waals surface area contributed by atoms with E-state index in [2.05, 4.69) is 58.4 Å². The van der Waals surface area contributed by atoms with Crippen LogP contribution in [0.25, 0.3) is 0 Å². The fraction of sp³-hybridized carbons (Fsp3) is 0.200. The third kappa shape index (κ3) is 5.09. The molecule has 1 aromatic carbocycles. The number of hydrogen-bond donors (Lipinski definition) is 4. The summed E-state index contributed by atoms with van der Waals surface area (Å²) in [4.78, 5) is 21.9. The van der Waals surface area contributed by atoms with Crippen LogP contribution >= 0.6 is 47.8 Å². The standard InChI is InChI=1S/C10H9Br3N2O4/c11-4-1-5(12)8(6(13)2-4)15-10(19)14-3-7(16)9(17)18/h1-2,7,16H,3H2,(H,17,18)(H2,14,15,19). The second-order valence-electron chi connectivity index (χ2n) is 3.43. The van der Waals surface area contributed by atoms with Crippen LogP contribution in [0.2, 0.25) is 0 Å². The van der Waals surface area contributed by atoms with E-state index >= 15 is 0 Å². The first-order chi connectivity index (χ1) is 8.81. The largest absolute Gasteiger partial charge is 0.479 e. The molecule has 2 amide bonds. The molecule has 6 nitrogen and oxygen atoms in total. The molecule has 1 unspecified atom stereocenters. The van der Waals surface area contributed by atoms with Gasteiger partial charge in [0.05, 0.1) is 12.2 Å². The lowest BCUT2D eigenvalue weighted by atomic mass is 10.3. The number of nitrogens with one attached hydrogen (secondary N) is 2. The normalized spacial score (nSPS) is 11.8. The number of halogens is 3. The first kappa shape index (κ1) is 16.4. The van der Waals surface area contributed by atoms with Crippen molar-refractivity contribution in [2.24, 2.45) is 0 Å². The molecule has 0 aliphatic rings. The average molecular weight is 461 g/mol.